The summed E-state index contributed by atoms with van der Waals surface area (Å²) in [6.45, 7) is 6.96. The van der Waals surface area contributed by atoms with E-state index < -0.39 is 0 Å². The Morgan fingerprint density at radius 3 is 2.48 bits per heavy atom. The van der Waals surface area contributed by atoms with Crippen molar-refractivity contribution in [2.45, 2.75) is 33.7 Å². The quantitative estimate of drug-likeness (QED) is 0.403. The molecule has 0 aliphatic carbocycles. The molecule has 148 valence electrons. The third-order valence-corrected chi connectivity index (χ3v) is 7.04. The Morgan fingerprint density at radius 1 is 1.07 bits per heavy atom. The molecule has 0 aliphatic rings. The SMILES string of the molecule is Cc1ccc(CCn2c(-c3sc4ccc(Cl)cc4c3C)cc(C(N)=O)c2C)cc1. The largest absolute Gasteiger partial charge is 0.366 e. The van der Waals surface area contributed by atoms with Crippen LogP contribution in [0.1, 0.15) is 32.7 Å². The Morgan fingerprint density at radius 2 is 1.79 bits per heavy atom. The average molecular weight is 423 g/mol. The Kier molecular flexibility index (Phi) is 5.24. The molecule has 3 nitrogen and oxygen atoms in total. The topological polar surface area (TPSA) is 48.0 Å². The molecule has 4 rings (SSSR count). The molecule has 0 aliphatic heterocycles. The fourth-order valence-electron chi connectivity index (χ4n) is 3.80. The van der Waals surface area contributed by atoms with Crippen LogP contribution < -0.4 is 5.73 Å². The molecule has 0 radical (unpaired) electrons. The van der Waals surface area contributed by atoms with Gasteiger partial charge in [0.25, 0.3) is 5.91 Å². The van der Waals surface area contributed by atoms with E-state index in [1.165, 1.54) is 21.4 Å². The van der Waals surface area contributed by atoms with Crippen molar-refractivity contribution in [1.29, 1.82) is 0 Å². The number of hydrogen-bond acceptors (Lipinski definition) is 2. The fraction of sp³-hybridized carbons (Fsp3) is 0.208. The highest BCUT2D eigenvalue weighted by Crippen LogP contribution is 2.40. The van der Waals surface area contributed by atoms with Gasteiger partial charge < -0.3 is 10.3 Å². The number of halogens is 1. The van der Waals surface area contributed by atoms with Crippen LogP contribution in [0.3, 0.4) is 0 Å². The molecule has 2 aromatic carbocycles. The number of carbonyl (C=O) groups is 1. The normalized spacial score (nSPS) is 11.3. The van der Waals surface area contributed by atoms with Crippen LogP contribution in [0.4, 0.5) is 0 Å². The Labute approximate surface area is 179 Å². The van der Waals surface area contributed by atoms with Gasteiger partial charge in [-0.25, -0.2) is 0 Å². The maximum Gasteiger partial charge on any atom is 0.250 e. The first-order valence-electron chi connectivity index (χ1n) is 9.59. The number of carbonyl (C=O) groups excluding carboxylic acids is 1. The van der Waals surface area contributed by atoms with E-state index in [0.29, 0.717) is 5.56 Å². The first kappa shape index (κ1) is 19.7. The molecule has 5 heteroatoms. The molecular weight excluding hydrogens is 400 g/mol. The number of nitrogens with zero attached hydrogens (tertiary/aromatic N) is 1. The van der Waals surface area contributed by atoms with Crippen molar-refractivity contribution in [3.05, 3.63) is 81.5 Å². The van der Waals surface area contributed by atoms with Gasteiger partial charge in [-0.2, -0.15) is 0 Å². The van der Waals surface area contributed by atoms with Crippen LogP contribution in [0.25, 0.3) is 20.7 Å². The molecule has 0 unspecified atom stereocenters. The Bertz CT molecular complexity index is 1220. The third-order valence-electron chi connectivity index (χ3n) is 5.51. The predicted molar refractivity (Wildman–Crippen MR) is 123 cm³/mol. The molecule has 2 N–H and O–H groups in total. The minimum absolute atomic E-state index is 0.389. The van der Waals surface area contributed by atoms with E-state index in [1.807, 2.05) is 25.1 Å². The molecular formula is C24H23ClN2OS. The van der Waals surface area contributed by atoms with Crippen molar-refractivity contribution >= 4 is 38.9 Å². The predicted octanol–water partition coefficient (Wildman–Crippen LogP) is 6.29. The number of thiophene rings is 1. The van der Waals surface area contributed by atoms with E-state index in [1.54, 1.807) is 11.3 Å². The van der Waals surface area contributed by atoms with Gasteiger partial charge in [0, 0.05) is 22.0 Å². The Hall–Kier alpha value is -2.56. The van der Waals surface area contributed by atoms with Crippen LogP contribution in [0, 0.1) is 20.8 Å². The van der Waals surface area contributed by atoms with Gasteiger partial charge in [0.1, 0.15) is 0 Å². The van der Waals surface area contributed by atoms with Gasteiger partial charge in [-0.1, -0.05) is 41.4 Å². The molecule has 29 heavy (non-hydrogen) atoms. The maximum absolute atomic E-state index is 12.0. The lowest BCUT2D eigenvalue weighted by atomic mass is 10.1. The van der Waals surface area contributed by atoms with Crippen molar-refractivity contribution in [2.24, 2.45) is 5.73 Å². The molecule has 0 atom stereocenters. The summed E-state index contributed by atoms with van der Waals surface area (Å²) in [6, 6.07) is 16.5. The highest BCUT2D eigenvalue weighted by Gasteiger charge is 2.20. The van der Waals surface area contributed by atoms with Crippen LogP contribution in [-0.4, -0.2) is 10.5 Å². The fourth-order valence-corrected chi connectivity index (χ4v) is 5.19. The highest BCUT2D eigenvalue weighted by molar-refractivity contribution is 7.22. The number of benzene rings is 2. The smallest absolute Gasteiger partial charge is 0.250 e. The number of nitrogens with two attached hydrogens (primary N) is 1. The second kappa shape index (κ2) is 7.69. The summed E-state index contributed by atoms with van der Waals surface area (Å²) in [6.07, 6.45) is 0.886. The molecule has 0 spiro atoms. The lowest BCUT2D eigenvalue weighted by Crippen LogP contribution is -2.13. The third kappa shape index (κ3) is 3.70. The molecule has 0 fully saturated rings. The minimum atomic E-state index is -0.389. The highest BCUT2D eigenvalue weighted by atomic mass is 35.5. The van der Waals surface area contributed by atoms with E-state index in [4.69, 9.17) is 17.3 Å². The number of rotatable bonds is 5. The van der Waals surface area contributed by atoms with Gasteiger partial charge >= 0.3 is 0 Å². The van der Waals surface area contributed by atoms with E-state index in [2.05, 4.69) is 48.7 Å². The standard InChI is InChI=1S/C24H23ClN2OS/c1-14-4-6-17(7-5-14)10-11-27-16(3)20(24(26)28)13-21(27)23-15(2)19-12-18(25)8-9-22(19)29-23/h4-9,12-13H,10-11H2,1-3H3,(H2,26,28). The van der Waals surface area contributed by atoms with Crippen LogP contribution in [0.15, 0.2) is 48.5 Å². The summed E-state index contributed by atoms with van der Waals surface area (Å²) >= 11 is 7.94. The second-order valence-corrected chi connectivity index (χ2v) is 8.97. The Balaban J connectivity index is 1.80. The molecule has 4 aromatic rings. The summed E-state index contributed by atoms with van der Waals surface area (Å²) in [7, 11) is 0. The van der Waals surface area contributed by atoms with Crippen molar-refractivity contribution in [3.63, 3.8) is 0 Å². The summed E-state index contributed by atoms with van der Waals surface area (Å²) < 4.78 is 3.41. The number of amides is 1. The summed E-state index contributed by atoms with van der Waals surface area (Å²) in [5, 5.41) is 1.88. The van der Waals surface area contributed by atoms with E-state index in [0.717, 1.165) is 39.6 Å². The molecule has 2 heterocycles. The van der Waals surface area contributed by atoms with Gasteiger partial charge in [-0.05, 0) is 68.0 Å². The van der Waals surface area contributed by atoms with Crippen molar-refractivity contribution in [3.8, 4) is 10.6 Å². The first-order chi connectivity index (χ1) is 13.8. The summed E-state index contributed by atoms with van der Waals surface area (Å²) in [5.74, 6) is -0.389. The van der Waals surface area contributed by atoms with Gasteiger partial charge in [0.05, 0.1) is 16.1 Å². The van der Waals surface area contributed by atoms with E-state index in [9.17, 15) is 4.79 Å². The van der Waals surface area contributed by atoms with Gasteiger partial charge in [0.15, 0.2) is 0 Å². The zero-order chi connectivity index (χ0) is 20.7. The summed E-state index contributed by atoms with van der Waals surface area (Å²) in [5.41, 5.74) is 11.9. The number of fused-ring (bicyclic) bond motifs is 1. The number of aromatic nitrogens is 1. The molecule has 2 aromatic heterocycles. The zero-order valence-corrected chi connectivity index (χ0v) is 18.3. The molecule has 0 saturated carbocycles. The number of hydrogen-bond donors (Lipinski definition) is 1. The van der Waals surface area contributed by atoms with Crippen molar-refractivity contribution in [2.75, 3.05) is 0 Å². The maximum atomic E-state index is 12.0. The van der Waals surface area contributed by atoms with Gasteiger partial charge in [-0.15, -0.1) is 11.3 Å². The number of primary amides is 1. The van der Waals surface area contributed by atoms with E-state index >= 15 is 0 Å². The average Bonchev–Trinajstić information content (AvgIpc) is 3.18. The second-order valence-electron chi connectivity index (χ2n) is 7.48. The van der Waals surface area contributed by atoms with E-state index in [-0.39, 0.29) is 5.91 Å². The molecule has 1 amide bonds. The van der Waals surface area contributed by atoms with Gasteiger partial charge in [-0.3, -0.25) is 4.79 Å². The van der Waals surface area contributed by atoms with Crippen LogP contribution >= 0.6 is 22.9 Å². The summed E-state index contributed by atoms with van der Waals surface area (Å²) in [4.78, 5) is 13.2. The molecule has 0 bridgehead atoms. The van der Waals surface area contributed by atoms with Crippen LogP contribution in [0.5, 0.6) is 0 Å². The minimum Gasteiger partial charge on any atom is -0.366 e. The lowest BCUT2D eigenvalue weighted by molar-refractivity contribution is 0.0999. The number of aryl methyl sites for hydroxylation is 3. The zero-order valence-electron chi connectivity index (χ0n) is 16.8. The van der Waals surface area contributed by atoms with Crippen molar-refractivity contribution in [1.82, 2.24) is 4.57 Å². The monoisotopic (exact) mass is 422 g/mol. The molecule has 0 saturated heterocycles. The van der Waals surface area contributed by atoms with Crippen molar-refractivity contribution < 1.29 is 4.79 Å². The first-order valence-corrected chi connectivity index (χ1v) is 10.8. The van der Waals surface area contributed by atoms with Crippen LogP contribution in [0.2, 0.25) is 5.02 Å². The lowest BCUT2D eigenvalue weighted by Gasteiger charge is -2.12. The van der Waals surface area contributed by atoms with Crippen LogP contribution in [-0.2, 0) is 13.0 Å². The van der Waals surface area contributed by atoms with Gasteiger partial charge in [0.2, 0.25) is 0 Å².